The van der Waals surface area contributed by atoms with Crippen LogP contribution in [-0.4, -0.2) is 29.7 Å². The van der Waals surface area contributed by atoms with E-state index in [1.165, 1.54) is 11.3 Å². The first-order valence-corrected chi connectivity index (χ1v) is 14.4. The highest BCUT2D eigenvalue weighted by Crippen LogP contribution is 2.30. The first-order chi connectivity index (χ1) is 20.2. The predicted octanol–water partition coefficient (Wildman–Crippen LogP) is 4.43. The van der Waals surface area contributed by atoms with E-state index in [2.05, 4.69) is 10.3 Å². The summed E-state index contributed by atoms with van der Waals surface area (Å²) in [5.74, 6) is -0.215. The number of thiazole rings is 1. The molecule has 0 radical (unpaired) electrons. The number of carbonyl (C=O) groups is 2. The van der Waals surface area contributed by atoms with Crippen LogP contribution in [0.15, 0.2) is 93.9 Å². The van der Waals surface area contributed by atoms with Gasteiger partial charge in [0.05, 0.1) is 28.5 Å². The highest BCUT2D eigenvalue weighted by Gasteiger charge is 2.33. The van der Waals surface area contributed by atoms with Crippen LogP contribution in [0.3, 0.4) is 0 Å². The standard InChI is InChI=1S/C33H31N3O5S/c1-5-40-32(39)29-22(4)34-33-36(30(29)24-12-6-20(2)7-13-24)31(38)27(42-33)18-23-10-16-26(17-11-23)41-19-28(37)35-25-14-8-21(3)9-15-25/h6-18,30H,5,19H2,1-4H3,(H,35,37)/b27-18-/t30-/m1/s1. The SMILES string of the molecule is CCOC(=O)C1=C(C)N=c2s/c(=C\c3ccc(OCC(=O)Nc4ccc(C)cc4)cc3)c(=O)n2[C@@H]1c1ccc(C)cc1. The number of carbonyl (C=O) groups excluding carboxylic acids is 2. The fourth-order valence-corrected chi connectivity index (χ4v) is 5.70. The van der Waals surface area contributed by atoms with E-state index >= 15 is 0 Å². The molecule has 5 rings (SSSR count). The van der Waals surface area contributed by atoms with E-state index < -0.39 is 12.0 Å². The Kier molecular flexibility index (Phi) is 8.49. The molecule has 2 heterocycles. The van der Waals surface area contributed by atoms with E-state index in [0.29, 0.717) is 32.0 Å². The minimum atomic E-state index is -0.648. The molecule has 3 aromatic carbocycles. The molecule has 0 saturated carbocycles. The molecule has 1 aliphatic heterocycles. The largest absolute Gasteiger partial charge is 0.484 e. The molecule has 1 aliphatic rings. The molecule has 1 atom stereocenters. The first-order valence-electron chi connectivity index (χ1n) is 13.6. The molecule has 0 fully saturated rings. The van der Waals surface area contributed by atoms with Gasteiger partial charge in [0, 0.05) is 5.69 Å². The number of esters is 1. The molecular formula is C33H31N3O5S. The van der Waals surface area contributed by atoms with Gasteiger partial charge < -0.3 is 14.8 Å². The van der Waals surface area contributed by atoms with Crippen molar-refractivity contribution < 1.29 is 19.1 Å². The predicted molar refractivity (Wildman–Crippen MR) is 163 cm³/mol. The number of nitrogens with zero attached hydrogens (tertiary/aromatic N) is 2. The number of hydrogen-bond donors (Lipinski definition) is 1. The molecule has 1 N–H and O–H groups in total. The van der Waals surface area contributed by atoms with Crippen LogP contribution in [-0.2, 0) is 14.3 Å². The second-order valence-corrected chi connectivity index (χ2v) is 11.0. The monoisotopic (exact) mass is 581 g/mol. The summed E-state index contributed by atoms with van der Waals surface area (Å²) in [6.07, 6.45) is 1.79. The molecule has 0 saturated heterocycles. The molecule has 0 unspecified atom stereocenters. The zero-order valence-electron chi connectivity index (χ0n) is 23.8. The van der Waals surface area contributed by atoms with Gasteiger partial charge in [0.2, 0.25) is 0 Å². The van der Waals surface area contributed by atoms with Crippen LogP contribution in [0.25, 0.3) is 6.08 Å². The van der Waals surface area contributed by atoms with Crippen molar-refractivity contribution in [1.82, 2.24) is 4.57 Å². The van der Waals surface area contributed by atoms with Gasteiger partial charge in [-0.05, 0) is 69.2 Å². The number of benzene rings is 3. The zero-order valence-corrected chi connectivity index (χ0v) is 24.7. The van der Waals surface area contributed by atoms with Gasteiger partial charge in [-0.1, -0.05) is 71.0 Å². The smallest absolute Gasteiger partial charge is 0.338 e. The number of aryl methyl sites for hydroxylation is 2. The van der Waals surface area contributed by atoms with Gasteiger partial charge in [-0.2, -0.15) is 0 Å². The van der Waals surface area contributed by atoms with Gasteiger partial charge in [0.1, 0.15) is 5.75 Å². The molecule has 1 aromatic heterocycles. The Morgan fingerprint density at radius 1 is 0.952 bits per heavy atom. The number of rotatable bonds is 8. The number of fused-ring (bicyclic) bond motifs is 1. The van der Waals surface area contributed by atoms with E-state index in [0.717, 1.165) is 22.3 Å². The Bertz CT molecular complexity index is 1830. The summed E-state index contributed by atoms with van der Waals surface area (Å²) in [7, 11) is 0. The molecule has 42 heavy (non-hydrogen) atoms. The summed E-state index contributed by atoms with van der Waals surface area (Å²) in [6.45, 7) is 7.57. The van der Waals surface area contributed by atoms with Crippen molar-refractivity contribution >= 4 is 35.0 Å². The van der Waals surface area contributed by atoms with Crippen LogP contribution < -0.4 is 24.9 Å². The zero-order chi connectivity index (χ0) is 29.8. The maximum Gasteiger partial charge on any atom is 0.338 e. The number of anilines is 1. The normalized spacial score (nSPS) is 14.7. The number of aromatic nitrogens is 1. The lowest BCUT2D eigenvalue weighted by atomic mass is 9.95. The van der Waals surface area contributed by atoms with Gasteiger partial charge in [0.15, 0.2) is 11.4 Å². The summed E-state index contributed by atoms with van der Waals surface area (Å²) >= 11 is 1.27. The van der Waals surface area contributed by atoms with Crippen LogP contribution >= 0.6 is 11.3 Å². The minimum absolute atomic E-state index is 0.132. The lowest BCUT2D eigenvalue weighted by Gasteiger charge is -2.24. The average Bonchev–Trinajstić information content (AvgIpc) is 3.27. The van der Waals surface area contributed by atoms with E-state index in [9.17, 15) is 14.4 Å². The van der Waals surface area contributed by atoms with Crippen molar-refractivity contribution in [2.24, 2.45) is 4.99 Å². The Labute approximate surface area is 247 Å². The fourth-order valence-electron chi connectivity index (χ4n) is 4.65. The molecule has 9 heteroatoms. The lowest BCUT2D eigenvalue weighted by Crippen LogP contribution is -2.39. The Morgan fingerprint density at radius 3 is 2.24 bits per heavy atom. The van der Waals surface area contributed by atoms with Crippen LogP contribution in [0.4, 0.5) is 5.69 Å². The summed E-state index contributed by atoms with van der Waals surface area (Å²) in [5.41, 5.74) is 5.12. The van der Waals surface area contributed by atoms with Gasteiger partial charge in [-0.3, -0.25) is 14.2 Å². The van der Waals surface area contributed by atoms with Crippen LogP contribution in [0.5, 0.6) is 5.75 Å². The number of ether oxygens (including phenoxy) is 2. The molecule has 8 nitrogen and oxygen atoms in total. The van der Waals surface area contributed by atoms with E-state index in [4.69, 9.17) is 9.47 Å². The number of amides is 1. The van der Waals surface area contributed by atoms with Crippen molar-refractivity contribution in [3.63, 3.8) is 0 Å². The van der Waals surface area contributed by atoms with Crippen molar-refractivity contribution in [3.8, 4) is 5.75 Å². The maximum absolute atomic E-state index is 13.8. The number of nitrogens with one attached hydrogen (secondary N) is 1. The van der Waals surface area contributed by atoms with Crippen LogP contribution in [0, 0.1) is 13.8 Å². The quantitative estimate of drug-likeness (QED) is 0.311. The highest BCUT2D eigenvalue weighted by atomic mass is 32.1. The van der Waals surface area contributed by atoms with Crippen molar-refractivity contribution in [1.29, 1.82) is 0 Å². The van der Waals surface area contributed by atoms with E-state index in [-0.39, 0.29) is 24.7 Å². The van der Waals surface area contributed by atoms with E-state index in [1.807, 2.05) is 74.5 Å². The second-order valence-electron chi connectivity index (χ2n) is 9.98. The van der Waals surface area contributed by atoms with Crippen molar-refractivity contribution in [2.75, 3.05) is 18.5 Å². The average molecular weight is 582 g/mol. The van der Waals surface area contributed by atoms with Crippen LogP contribution in [0.2, 0.25) is 0 Å². The molecule has 4 aromatic rings. The fraction of sp³-hybridized carbons (Fsp3) is 0.212. The third-order valence-electron chi connectivity index (χ3n) is 6.79. The number of hydrogen-bond acceptors (Lipinski definition) is 7. The number of allylic oxidation sites excluding steroid dienone is 1. The van der Waals surface area contributed by atoms with Crippen molar-refractivity contribution in [3.05, 3.63) is 126 Å². The van der Waals surface area contributed by atoms with Crippen LogP contribution in [0.1, 0.15) is 42.1 Å². The van der Waals surface area contributed by atoms with E-state index in [1.54, 1.807) is 36.6 Å². The second kappa shape index (κ2) is 12.4. The summed E-state index contributed by atoms with van der Waals surface area (Å²) in [6, 6.07) is 21.8. The minimum Gasteiger partial charge on any atom is -0.484 e. The third kappa shape index (κ3) is 6.26. The lowest BCUT2D eigenvalue weighted by molar-refractivity contribution is -0.139. The van der Waals surface area contributed by atoms with Gasteiger partial charge in [-0.25, -0.2) is 9.79 Å². The molecular weight excluding hydrogens is 550 g/mol. The summed E-state index contributed by atoms with van der Waals surface area (Å²) in [5, 5.41) is 2.80. The van der Waals surface area contributed by atoms with Gasteiger partial charge in [0.25, 0.3) is 11.5 Å². The van der Waals surface area contributed by atoms with Gasteiger partial charge >= 0.3 is 5.97 Å². The molecule has 0 bridgehead atoms. The third-order valence-corrected chi connectivity index (χ3v) is 7.78. The Morgan fingerprint density at radius 2 is 1.60 bits per heavy atom. The topological polar surface area (TPSA) is 99.0 Å². The maximum atomic E-state index is 13.8. The first kappa shape index (κ1) is 28.8. The van der Waals surface area contributed by atoms with Gasteiger partial charge in [-0.15, -0.1) is 0 Å². The summed E-state index contributed by atoms with van der Waals surface area (Å²) in [4.78, 5) is 44.2. The molecule has 0 aliphatic carbocycles. The molecule has 214 valence electrons. The Hall–Kier alpha value is -4.76. The van der Waals surface area contributed by atoms with Crippen molar-refractivity contribution in [2.45, 2.75) is 33.7 Å². The summed E-state index contributed by atoms with van der Waals surface area (Å²) < 4.78 is 13.0. The highest BCUT2D eigenvalue weighted by molar-refractivity contribution is 7.07. The Balaban J connectivity index is 1.39. The molecule has 0 spiro atoms. The molecule has 1 amide bonds.